The van der Waals surface area contributed by atoms with Gasteiger partial charge in [0.25, 0.3) is 0 Å². The van der Waals surface area contributed by atoms with E-state index in [2.05, 4.69) is 24.1 Å². The van der Waals surface area contributed by atoms with E-state index in [1.54, 1.807) is 0 Å². The molecule has 0 aliphatic carbocycles. The Labute approximate surface area is 139 Å². The first-order valence-corrected chi connectivity index (χ1v) is 8.98. The lowest BCUT2D eigenvalue weighted by Gasteiger charge is -2.46. The summed E-state index contributed by atoms with van der Waals surface area (Å²) in [6.45, 7) is 9.65. The molecular formula is C17H31N3O3. The first-order valence-electron chi connectivity index (χ1n) is 8.98. The lowest BCUT2D eigenvalue weighted by Crippen LogP contribution is -2.62. The van der Waals surface area contributed by atoms with Gasteiger partial charge in [-0.3, -0.25) is 4.90 Å². The van der Waals surface area contributed by atoms with Crippen LogP contribution >= 0.6 is 0 Å². The van der Waals surface area contributed by atoms with E-state index in [0.717, 1.165) is 58.7 Å². The number of nitrogens with one attached hydrogen (secondary N) is 1. The van der Waals surface area contributed by atoms with E-state index in [0.29, 0.717) is 0 Å². The van der Waals surface area contributed by atoms with Crippen LogP contribution in [0.25, 0.3) is 0 Å². The van der Waals surface area contributed by atoms with Crippen molar-refractivity contribution in [1.82, 2.24) is 15.1 Å². The summed E-state index contributed by atoms with van der Waals surface area (Å²) in [4.78, 5) is 17.1. The zero-order valence-electron chi connectivity index (χ0n) is 14.7. The first kappa shape index (κ1) is 17.0. The monoisotopic (exact) mass is 325 g/mol. The minimum atomic E-state index is 0.0272. The molecule has 0 aromatic rings. The highest BCUT2D eigenvalue weighted by molar-refractivity contribution is 5.74. The minimum Gasteiger partial charge on any atom is -0.381 e. The summed E-state index contributed by atoms with van der Waals surface area (Å²) in [6.07, 6.45) is 3.04. The molecular weight excluding hydrogens is 294 g/mol. The summed E-state index contributed by atoms with van der Waals surface area (Å²) >= 11 is 0. The molecule has 1 N–H and O–H groups in total. The Hall–Kier alpha value is -0.850. The molecule has 3 aliphatic heterocycles. The average Bonchev–Trinajstić information content (AvgIpc) is 2.57. The molecule has 3 aliphatic rings. The van der Waals surface area contributed by atoms with Gasteiger partial charge >= 0.3 is 6.03 Å². The van der Waals surface area contributed by atoms with Crippen LogP contribution < -0.4 is 5.32 Å². The fourth-order valence-corrected chi connectivity index (χ4v) is 4.06. The van der Waals surface area contributed by atoms with E-state index in [4.69, 9.17) is 9.47 Å². The Morgan fingerprint density at radius 2 is 2.17 bits per heavy atom. The SMILES string of the molecule is CCC1(C)COCCC1NC(=O)N(C)C1CCN2CCOC1C2. The second-order valence-corrected chi connectivity index (χ2v) is 7.53. The summed E-state index contributed by atoms with van der Waals surface area (Å²) in [5.41, 5.74) is 0.0272. The molecule has 0 saturated carbocycles. The van der Waals surface area contributed by atoms with Crippen LogP contribution in [-0.2, 0) is 9.47 Å². The van der Waals surface area contributed by atoms with Gasteiger partial charge in [0.1, 0.15) is 0 Å². The van der Waals surface area contributed by atoms with Gasteiger partial charge in [-0.15, -0.1) is 0 Å². The molecule has 6 heteroatoms. The van der Waals surface area contributed by atoms with E-state index in [1.165, 1.54) is 0 Å². The van der Waals surface area contributed by atoms with Crippen LogP contribution in [-0.4, -0.2) is 80.5 Å². The lowest BCUT2D eigenvalue weighted by atomic mass is 9.77. The summed E-state index contributed by atoms with van der Waals surface area (Å²) in [6, 6.07) is 0.395. The molecule has 3 fully saturated rings. The van der Waals surface area contributed by atoms with Crippen molar-refractivity contribution in [3.63, 3.8) is 0 Å². The lowest BCUT2D eigenvalue weighted by molar-refractivity contribution is -0.0893. The maximum absolute atomic E-state index is 12.8. The summed E-state index contributed by atoms with van der Waals surface area (Å²) in [5, 5.41) is 3.27. The zero-order valence-corrected chi connectivity index (χ0v) is 14.7. The Morgan fingerprint density at radius 1 is 1.35 bits per heavy atom. The number of carbonyl (C=O) groups is 1. The number of ether oxygens (including phenoxy) is 2. The molecule has 2 amide bonds. The second-order valence-electron chi connectivity index (χ2n) is 7.53. The van der Waals surface area contributed by atoms with Crippen LogP contribution in [0.4, 0.5) is 4.79 Å². The van der Waals surface area contributed by atoms with Crippen molar-refractivity contribution < 1.29 is 14.3 Å². The van der Waals surface area contributed by atoms with Crippen molar-refractivity contribution in [2.75, 3.05) is 46.5 Å². The molecule has 3 saturated heterocycles. The number of hydrogen-bond donors (Lipinski definition) is 1. The molecule has 3 heterocycles. The topological polar surface area (TPSA) is 54.0 Å². The Morgan fingerprint density at radius 3 is 2.96 bits per heavy atom. The molecule has 6 nitrogen and oxygen atoms in total. The second kappa shape index (κ2) is 6.95. The number of urea groups is 1. The molecule has 0 spiro atoms. The van der Waals surface area contributed by atoms with Crippen molar-refractivity contribution in [3.05, 3.63) is 0 Å². The molecule has 5 atom stereocenters. The van der Waals surface area contributed by atoms with Gasteiger partial charge in [-0.2, -0.15) is 0 Å². The maximum atomic E-state index is 12.8. The van der Waals surface area contributed by atoms with Gasteiger partial charge in [-0.25, -0.2) is 4.79 Å². The highest BCUT2D eigenvalue weighted by Crippen LogP contribution is 2.32. The normalized spacial score (nSPS) is 40.5. The van der Waals surface area contributed by atoms with Crippen molar-refractivity contribution in [1.29, 1.82) is 0 Å². The van der Waals surface area contributed by atoms with Crippen molar-refractivity contribution in [3.8, 4) is 0 Å². The number of carbonyl (C=O) groups excluding carboxylic acids is 1. The van der Waals surface area contributed by atoms with E-state index < -0.39 is 0 Å². The van der Waals surface area contributed by atoms with Crippen LogP contribution in [0, 0.1) is 5.41 Å². The first-order chi connectivity index (χ1) is 11.0. The van der Waals surface area contributed by atoms with Gasteiger partial charge in [-0.1, -0.05) is 13.8 Å². The Balaban J connectivity index is 1.60. The molecule has 132 valence electrons. The molecule has 5 unspecified atom stereocenters. The van der Waals surface area contributed by atoms with Crippen LogP contribution in [0.1, 0.15) is 33.1 Å². The number of likely N-dealkylation sites (N-methyl/N-ethyl adjacent to an activating group) is 1. The fourth-order valence-electron chi connectivity index (χ4n) is 4.06. The van der Waals surface area contributed by atoms with E-state index >= 15 is 0 Å². The van der Waals surface area contributed by atoms with Crippen molar-refractivity contribution >= 4 is 6.03 Å². The predicted molar refractivity (Wildman–Crippen MR) is 88.5 cm³/mol. The average molecular weight is 325 g/mol. The third-order valence-corrected chi connectivity index (χ3v) is 6.09. The number of fused-ring (bicyclic) bond motifs is 2. The van der Waals surface area contributed by atoms with E-state index in [-0.39, 0.29) is 29.6 Å². The van der Waals surface area contributed by atoms with Gasteiger partial charge in [0, 0.05) is 44.7 Å². The molecule has 0 aromatic heterocycles. The predicted octanol–water partition coefficient (Wildman–Crippen LogP) is 1.31. The summed E-state index contributed by atoms with van der Waals surface area (Å²) < 4.78 is 11.5. The number of morpholine rings is 1. The third-order valence-electron chi connectivity index (χ3n) is 6.09. The number of amides is 2. The minimum absolute atomic E-state index is 0.0272. The summed E-state index contributed by atoms with van der Waals surface area (Å²) in [7, 11) is 1.91. The maximum Gasteiger partial charge on any atom is 0.317 e. The Kier molecular flexibility index (Phi) is 5.13. The van der Waals surface area contributed by atoms with Crippen LogP contribution in [0.15, 0.2) is 0 Å². The van der Waals surface area contributed by atoms with Gasteiger partial charge in [0.2, 0.25) is 0 Å². The van der Waals surface area contributed by atoms with E-state index in [1.807, 2.05) is 11.9 Å². The number of hydrogen-bond acceptors (Lipinski definition) is 4. The smallest absolute Gasteiger partial charge is 0.317 e. The largest absolute Gasteiger partial charge is 0.381 e. The van der Waals surface area contributed by atoms with Crippen LogP contribution in [0.2, 0.25) is 0 Å². The summed E-state index contributed by atoms with van der Waals surface area (Å²) in [5.74, 6) is 0. The number of piperidine rings is 1. The standard InChI is InChI=1S/C17H31N3O3/c1-4-17(2)12-22-9-6-15(17)18-16(21)19(3)13-5-7-20-8-10-23-14(13)11-20/h13-15H,4-12H2,1-3H3,(H,18,21). The molecule has 0 radical (unpaired) electrons. The van der Waals surface area contributed by atoms with Gasteiger partial charge < -0.3 is 19.7 Å². The molecule has 0 aromatic carbocycles. The quantitative estimate of drug-likeness (QED) is 0.850. The molecule has 2 bridgehead atoms. The highest BCUT2D eigenvalue weighted by atomic mass is 16.5. The van der Waals surface area contributed by atoms with E-state index in [9.17, 15) is 4.79 Å². The third kappa shape index (κ3) is 3.49. The zero-order chi connectivity index (χ0) is 16.4. The van der Waals surface area contributed by atoms with Gasteiger partial charge in [-0.05, 0) is 19.3 Å². The Bertz CT molecular complexity index is 433. The molecule has 23 heavy (non-hydrogen) atoms. The van der Waals surface area contributed by atoms with Crippen molar-refractivity contribution in [2.24, 2.45) is 5.41 Å². The van der Waals surface area contributed by atoms with Crippen LogP contribution in [0.3, 0.4) is 0 Å². The van der Waals surface area contributed by atoms with Crippen molar-refractivity contribution in [2.45, 2.75) is 51.3 Å². The van der Waals surface area contributed by atoms with Crippen LogP contribution in [0.5, 0.6) is 0 Å². The fraction of sp³-hybridized carbons (Fsp3) is 0.941. The highest BCUT2D eigenvalue weighted by Gasteiger charge is 2.40. The number of rotatable bonds is 3. The van der Waals surface area contributed by atoms with Gasteiger partial charge in [0.05, 0.1) is 25.4 Å². The number of nitrogens with zero attached hydrogens (tertiary/aromatic N) is 2. The molecule has 3 rings (SSSR count). The van der Waals surface area contributed by atoms with Gasteiger partial charge in [0.15, 0.2) is 0 Å².